The van der Waals surface area contributed by atoms with Gasteiger partial charge in [-0.25, -0.2) is 0 Å². The van der Waals surface area contributed by atoms with Crippen molar-refractivity contribution < 1.29 is 13.9 Å². The van der Waals surface area contributed by atoms with E-state index in [2.05, 4.69) is 10.0 Å². The van der Waals surface area contributed by atoms with Crippen LogP contribution in [0, 0.1) is 0 Å². The van der Waals surface area contributed by atoms with E-state index < -0.39 is 0 Å². The van der Waals surface area contributed by atoms with Crippen LogP contribution >= 0.6 is 0 Å². The zero-order valence-electron chi connectivity index (χ0n) is 14.2. The summed E-state index contributed by atoms with van der Waals surface area (Å²) >= 11 is 0. The van der Waals surface area contributed by atoms with E-state index in [1.54, 1.807) is 37.4 Å². The highest BCUT2D eigenvalue weighted by Crippen LogP contribution is 2.24. The minimum atomic E-state index is -0.105. The first-order valence-electron chi connectivity index (χ1n) is 8.06. The van der Waals surface area contributed by atoms with Crippen LogP contribution in [0.1, 0.15) is 6.42 Å². The molecule has 132 valence electrons. The Balaban J connectivity index is 1.84. The van der Waals surface area contributed by atoms with Gasteiger partial charge in [-0.3, -0.25) is 4.79 Å². The van der Waals surface area contributed by atoms with Crippen LogP contribution in [0.3, 0.4) is 0 Å². The molecule has 0 aliphatic heterocycles. The topological polar surface area (TPSA) is 97.4 Å². The largest absolute Gasteiger partial charge is 0.497 e. The van der Waals surface area contributed by atoms with Gasteiger partial charge >= 0.3 is 0 Å². The normalized spacial score (nSPS) is 10.3. The quantitative estimate of drug-likeness (QED) is 0.270. The summed E-state index contributed by atoms with van der Waals surface area (Å²) < 4.78 is 16.4. The summed E-state index contributed by atoms with van der Waals surface area (Å²) in [4.78, 5) is 15.4. The lowest BCUT2D eigenvalue weighted by Gasteiger charge is -2.07. The molecular formula is C19H17N3O4. The second-order valence-electron chi connectivity index (χ2n) is 5.52. The molecule has 0 amide bonds. The van der Waals surface area contributed by atoms with Crippen molar-refractivity contribution in [3.8, 4) is 22.6 Å². The van der Waals surface area contributed by atoms with Crippen molar-refractivity contribution in [2.45, 2.75) is 6.42 Å². The number of fused-ring (bicyclic) bond motifs is 1. The molecule has 0 radical (unpaired) electrons. The number of rotatable bonds is 7. The number of methoxy groups -OCH3 is 1. The predicted molar refractivity (Wildman–Crippen MR) is 98.6 cm³/mol. The lowest BCUT2D eigenvalue weighted by atomic mass is 10.1. The van der Waals surface area contributed by atoms with Crippen molar-refractivity contribution >= 4 is 11.0 Å². The monoisotopic (exact) mass is 351 g/mol. The van der Waals surface area contributed by atoms with Gasteiger partial charge in [0, 0.05) is 17.5 Å². The molecule has 3 rings (SSSR count). The van der Waals surface area contributed by atoms with E-state index >= 15 is 0 Å². The molecule has 0 saturated carbocycles. The number of ether oxygens (including phenoxy) is 2. The van der Waals surface area contributed by atoms with Crippen LogP contribution in [0.25, 0.3) is 32.5 Å². The molecule has 7 nitrogen and oxygen atoms in total. The minimum Gasteiger partial charge on any atom is -0.497 e. The van der Waals surface area contributed by atoms with Gasteiger partial charge in [0.15, 0.2) is 5.43 Å². The zero-order chi connectivity index (χ0) is 18.4. The maximum absolute atomic E-state index is 12.7. The van der Waals surface area contributed by atoms with Crippen LogP contribution in [0.4, 0.5) is 0 Å². The average molecular weight is 351 g/mol. The van der Waals surface area contributed by atoms with Crippen LogP contribution in [0.2, 0.25) is 0 Å². The fourth-order valence-corrected chi connectivity index (χ4v) is 2.54. The standard InChI is InChI=1S/C19H17N3O4/c1-24-14-5-3-13(4-6-14)17-12-26-18-11-15(7-8-16(18)19(17)23)25-10-2-9-21-22-20/h3-8,11-12H,2,9-10H2,1H3. The summed E-state index contributed by atoms with van der Waals surface area (Å²) in [5.41, 5.74) is 9.83. The van der Waals surface area contributed by atoms with E-state index in [9.17, 15) is 4.79 Å². The van der Waals surface area contributed by atoms with Gasteiger partial charge in [-0.2, -0.15) is 0 Å². The molecular weight excluding hydrogens is 334 g/mol. The molecule has 7 heteroatoms. The SMILES string of the molecule is COc1ccc(-c2coc3cc(OCCCN=[N+]=[N-])ccc3c2=O)cc1. The summed E-state index contributed by atoms with van der Waals surface area (Å²) in [6, 6.07) is 12.3. The number of hydrogen-bond acceptors (Lipinski definition) is 5. The Hall–Kier alpha value is -3.44. The van der Waals surface area contributed by atoms with Crippen molar-refractivity contribution in [2.75, 3.05) is 20.3 Å². The fraction of sp³-hybridized carbons (Fsp3) is 0.211. The third-order valence-electron chi connectivity index (χ3n) is 3.88. The van der Waals surface area contributed by atoms with Crippen molar-refractivity contribution in [1.82, 2.24) is 0 Å². The Morgan fingerprint density at radius 2 is 1.92 bits per heavy atom. The van der Waals surface area contributed by atoms with Gasteiger partial charge < -0.3 is 13.9 Å². The summed E-state index contributed by atoms with van der Waals surface area (Å²) in [6.07, 6.45) is 2.07. The molecule has 26 heavy (non-hydrogen) atoms. The maximum Gasteiger partial charge on any atom is 0.200 e. The van der Waals surface area contributed by atoms with Crippen molar-refractivity contribution in [1.29, 1.82) is 0 Å². The van der Waals surface area contributed by atoms with Crippen molar-refractivity contribution in [3.63, 3.8) is 0 Å². The molecule has 0 fully saturated rings. The minimum absolute atomic E-state index is 0.105. The van der Waals surface area contributed by atoms with Gasteiger partial charge in [-0.1, -0.05) is 17.2 Å². The molecule has 0 unspecified atom stereocenters. The average Bonchev–Trinajstić information content (AvgIpc) is 2.68. The first-order valence-corrected chi connectivity index (χ1v) is 8.06. The van der Waals surface area contributed by atoms with Crippen molar-refractivity contribution in [3.05, 3.63) is 69.4 Å². The fourth-order valence-electron chi connectivity index (χ4n) is 2.54. The molecule has 0 N–H and O–H groups in total. The molecule has 0 saturated heterocycles. The van der Waals surface area contributed by atoms with Crippen molar-refractivity contribution in [2.24, 2.45) is 5.11 Å². The van der Waals surface area contributed by atoms with Gasteiger partial charge in [0.25, 0.3) is 0 Å². The highest BCUT2D eigenvalue weighted by Gasteiger charge is 2.10. The number of hydrogen-bond donors (Lipinski definition) is 0. The van der Waals surface area contributed by atoms with E-state index in [1.807, 2.05) is 12.1 Å². The number of azide groups is 1. The maximum atomic E-state index is 12.7. The van der Waals surface area contributed by atoms with Gasteiger partial charge in [0.2, 0.25) is 0 Å². The van der Waals surface area contributed by atoms with E-state index in [-0.39, 0.29) is 5.43 Å². The second kappa shape index (κ2) is 8.09. The second-order valence-corrected chi connectivity index (χ2v) is 5.52. The molecule has 1 heterocycles. The van der Waals surface area contributed by atoms with E-state index in [1.165, 1.54) is 6.26 Å². The Labute approximate surface area is 149 Å². The molecule has 0 spiro atoms. The van der Waals surface area contributed by atoms with E-state index in [0.29, 0.717) is 41.9 Å². The number of benzene rings is 2. The molecule has 1 aromatic heterocycles. The summed E-state index contributed by atoms with van der Waals surface area (Å²) in [5.74, 6) is 1.32. The number of nitrogens with zero attached hydrogens (tertiary/aromatic N) is 3. The van der Waals surface area contributed by atoms with Gasteiger partial charge in [0.1, 0.15) is 23.3 Å². The van der Waals surface area contributed by atoms with Crippen LogP contribution in [-0.4, -0.2) is 20.3 Å². The molecule has 0 aliphatic rings. The highest BCUT2D eigenvalue weighted by molar-refractivity contribution is 5.82. The smallest absolute Gasteiger partial charge is 0.200 e. The summed E-state index contributed by atoms with van der Waals surface area (Å²) in [6.45, 7) is 0.795. The molecule has 3 aromatic rings. The lowest BCUT2D eigenvalue weighted by Crippen LogP contribution is -2.05. The Morgan fingerprint density at radius 3 is 2.65 bits per heavy atom. The zero-order valence-corrected chi connectivity index (χ0v) is 14.2. The lowest BCUT2D eigenvalue weighted by molar-refractivity contribution is 0.313. The molecule has 0 atom stereocenters. The highest BCUT2D eigenvalue weighted by atomic mass is 16.5. The van der Waals surface area contributed by atoms with E-state index in [4.69, 9.17) is 19.4 Å². The summed E-state index contributed by atoms with van der Waals surface area (Å²) in [5, 5.41) is 3.93. The Morgan fingerprint density at radius 1 is 1.15 bits per heavy atom. The molecule has 2 aromatic carbocycles. The van der Waals surface area contributed by atoms with Crippen LogP contribution in [0.5, 0.6) is 11.5 Å². The Bertz CT molecular complexity index is 1010. The van der Waals surface area contributed by atoms with Gasteiger partial charge in [0.05, 0.1) is 24.7 Å². The van der Waals surface area contributed by atoms with Gasteiger partial charge in [-0.15, -0.1) is 0 Å². The van der Waals surface area contributed by atoms with Crippen LogP contribution in [0.15, 0.2) is 63.1 Å². The summed E-state index contributed by atoms with van der Waals surface area (Å²) in [7, 11) is 1.59. The van der Waals surface area contributed by atoms with Gasteiger partial charge in [-0.05, 0) is 41.8 Å². The predicted octanol–water partition coefficient (Wildman–Crippen LogP) is 4.55. The third kappa shape index (κ3) is 3.79. The van der Waals surface area contributed by atoms with E-state index in [0.717, 1.165) is 11.3 Å². The first-order chi connectivity index (χ1) is 12.7. The third-order valence-corrected chi connectivity index (χ3v) is 3.88. The van der Waals surface area contributed by atoms with Crippen LogP contribution < -0.4 is 14.9 Å². The molecule has 0 aliphatic carbocycles. The van der Waals surface area contributed by atoms with Crippen LogP contribution in [-0.2, 0) is 0 Å². The first kappa shape index (κ1) is 17.4. The molecule has 0 bridgehead atoms. The Kier molecular flexibility index (Phi) is 5.41.